The first-order chi connectivity index (χ1) is 10.2. The molecule has 0 aliphatic rings. The van der Waals surface area contributed by atoms with Gasteiger partial charge in [-0.05, 0) is 54.5 Å². The van der Waals surface area contributed by atoms with Gasteiger partial charge in [-0.3, -0.25) is 0 Å². The molecule has 0 aliphatic carbocycles. The molecule has 0 fully saturated rings. The van der Waals surface area contributed by atoms with E-state index in [-0.39, 0.29) is 0 Å². The number of ether oxygens (including phenoxy) is 1. The lowest BCUT2D eigenvalue weighted by molar-refractivity contribution is 0.303. The molecule has 0 atom stereocenters. The first-order valence-electron chi connectivity index (χ1n) is 7.63. The molecule has 0 spiro atoms. The lowest BCUT2D eigenvalue weighted by Gasteiger charge is -2.14. The summed E-state index contributed by atoms with van der Waals surface area (Å²) >= 11 is 3.53. The normalized spacial score (nSPS) is 10.9. The molecular formula is C19H23BrO. The van der Waals surface area contributed by atoms with Crippen LogP contribution in [0.25, 0.3) is 0 Å². The standard InChI is InChI=1S/C19H23BrO/c1-15(2)18-14-17(20)11-12-19(18)21-13-7-6-10-16-8-4-3-5-9-16/h3-5,8-9,11-12,14-15H,6-7,10,13H2,1-2H3. The summed E-state index contributed by atoms with van der Waals surface area (Å²) in [5, 5.41) is 0. The number of aryl methyl sites for hydroxylation is 1. The second-order valence-electron chi connectivity index (χ2n) is 5.63. The van der Waals surface area contributed by atoms with Crippen LogP contribution < -0.4 is 4.74 Å². The molecule has 0 saturated heterocycles. The molecule has 0 radical (unpaired) electrons. The maximum absolute atomic E-state index is 5.97. The lowest BCUT2D eigenvalue weighted by atomic mass is 10.0. The molecule has 0 bridgehead atoms. The van der Waals surface area contributed by atoms with Gasteiger partial charge in [-0.25, -0.2) is 0 Å². The Bertz CT molecular complexity index is 549. The van der Waals surface area contributed by atoms with E-state index in [0.717, 1.165) is 36.1 Å². The van der Waals surface area contributed by atoms with E-state index in [9.17, 15) is 0 Å². The Kier molecular flexibility index (Phi) is 6.31. The Morgan fingerprint density at radius 1 is 1.00 bits per heavy atom. The summed E-state index contributed by atoms with van der Waals surface area (Å²) in [5.41, 5.74) is 2.68. The van der Waals surface area contributed by atoms with Gasteiger partial charge in [0.2, 0.25) is 0 Å². The van der Waals surface area contributed by atoms with E-state index in [0.29, 0.717) is 5.92 Å². The summed E-state index contributed by atoms with van der Waals surface area (Å²) in [6, 6.07) is 16.9. The van der Waals surface area contributed by atoms with Crippen LogP contribution in [0.5, 0.6) is 5.75 Å². The number of halogens is 1. The van der Waals surface area contributed by atoms with E-state index in [4.69, 9.17) is 4.74 Å². The van der Waals surface area contributed by atoms with Crippen molar-refractivity contribution >= 4 is 15.9 Å². The smallest absolute Gasteiger partial charge is 0.122 e. The Morgan fingerprint density at radius 3 is 2.48 bits per heavy atom. The van der Waals surface area contributed by atoms with Gasteiger partial charge in [0.15, 0.2) is 0 Å². The molecule has 0 aliphatic heterocycles. The van der Waals surface area contributed by atoms with Crippen molar-refractivity contribution in [3.8, 4) is 5.75 Å². The Morgan fingerprint density at radius 2 is 1.76 bits per heavy atom. The van der Waals surface area contributed by atoms with Gasteiger partial charge in [0.25, 0.3) is 0 Å². The van der Waals surface area contributed by atoms with Gasteiger partial charge in [0, 0.05) is 4.47 Å². The third-order valence-corrected chi connectivity index (χ3v) is 4.05. The maximum atomic E-state index is 5.97. The fraction of sp³-hybridized carbons (Fsp3) is 0.368. The van der Waals surface area contributed by atoms with Crippen LogP contribution in [0.15, 0.2) is 53.0 Å². The fourth-order valence-corrected chi connectivity index (χ4v) is 2.74. The predicted octanol–water partition coefficient (Wildman–Crippen LogP) is 5.97. The predicted molar refractivity (Wildman–Crippen MR) is 93.1 cm³/mol. The minimum absolute atomic E-state index is 0.474. The zero-order valence-corrected chi connectivity index (χ0v) is 14.4. The highest BCUT2D eigenvalue weighted by molar-refractivity contribution is 9.10. The van der Waals surface area contributed by atoms with Gasteiger partial charge in [-0.2, -0.15) is 0 Å². The quantitative estimate of drug-likeness (QED) is 0.560. The first kappa shape index (κ1) is 16.1. The summed E-state index contributed by atoms with van der Waals surface area (Å²) < 4.78 is 7.08. The van der Waals surface area contributed by atoms with Crippen molar-refractivity contribution < 1.29 is 4.74 Å². The molecule has 0 N–H and O–H groups in total. The summed E-state index contributed by atoms with van der Waals surface area (Å²) in [6.45, 7) is 5.18. The van der Waals surface area contributed by atoms with Gasteiger partial charge in [-0.15, -0.1) is 0 Å². The molecule has 0 saturated carbocycles. The molecule has 2 aromatic rings. The van der Waals surface area contributed by atoms with E-state index in [1.54, 1.807) is 0 Å². The molecule has 0 heterocycles. The summed E-state index contributed by atoms with van der Waals surface area (Å²) in [5.74, 6) is 1.50. The van der Waals surface area contributed by atoms with E-state index < -0.39 is 0 Å². The minimum Gasteiger partial charge on any atom is -0.493 e. The SMILES string of the molecule is CC(C)c1cc(Br)ccc1OCCCCc1ccccc1. The van der Waals surface area contributed by atoms with E-state index in [2.05, 4.69) is 72.2 Å². The molecular weight excluding hydrogens is 324 g/mol. The highest BCUT2D eigenvalue weighted by atomic mass is 79.9. The van der Waals surface area contributed by atoms with Crippen LogP contribution in [-0.2, 0) is 6.42 Å². The number of unbranched alkanes of at least 4 members (excludes halogenated alkanes) is 1. The highest BCUT2D eigenvalue weighted by Gasteiger charge is 2.08. The Hall–Kier alpha value is -1.28. The monoisotopic (exact) mass is 346 g/mol. The van der Waals surface area contributed by atoms with Crippen molar-refractivity contribution in [3.63, 3.8) is 0 Å². The lowest BCUT2D eigenvalue weighted by Crippen LogP contribution is -2.02. The topological polar surface area (TPSA) is 9.23 Å². The van der Waals surface area contributed by atoms with Crippen LogP contribution in [0.1, 0.15) is 43.7 Å². The Balaban J connectivity index is 1.78. The maximum Gasteiger partial charge on any atom is 0.122 e. The van der Waals surface area contributed by atoms with Crippen LogP contribution in [0, 0.1) is 0 Å². The van der Waals surface area contributed by atoms with Crippen LogP contribution >= 0.6 is 15.9 Å². The van der Waals surface area contributed by atoms with E-state index >= 15 is 0 Å². The van der Waals surface area contributed by atoms with E-state index in [1.807, 2.05) is 6.07 Å². The van der Waals surface area contributed by atoms with Crippen molar-refractivity contribution in [1.82, 2.24) is 0 Å². The van der Waals surface area contributed by atoms with Gasteiger partial charge in [0.05, 0.1) is 6.61 Å². The van der Waals surface area contributed by atoms with E-state index in [1.165, 1.54) is 11.1 Å². The van der Waals surface area contributed by atoms with Crippen molar-refractivity contribution in [3.05, 3.63) is 64.1 Å². The van der Waals surface area contributed by atoms with Crippen molar-refractivity contribution in [2.24, 2.45) is 0 Å². The van der Waals surface area contributed by atoms with Crippen LogP contribution in [-0.4, -0.2) is 6.61 Å². The third kappa shape index (κ3) is 5.20. The second kappa shape index (κ2) is 8.23. The summed E-state index contributed by atoms with van der Waals surface area (Å²) in [6.07, 6.45) is 3.38. The average Bonchev–Trinajstić information content (AvgIpc) is 2.49. The molecule has 0 amide bonds. The average molecular weight is 347 g/mol. The van der Waals surface area contributed by atoms with Crippen LogP contribution in [0.2, 0.25) is 0 Å². The highest BCUT2D eigenvalue weighted by Crippen LogP contribution is 2.29. The molecule has 2 heteroatoms. The third-order valence-electron chi connectivity index (χ3n) is 3.55. The van der Waals surface area contributed by atoms with Gasteiger partial charge in [-0.1, -0.05) is 60.1 Å². The molecule has 0 unspecified atom stereocenters. The molecule has 21 heavy (non-hydrogen) atoms. The number of hydrogen-bond donors (Lipinski definition) is 0. The van der Waals surface area contributed by atoms with Gasteiger partial charge < -0.3 is 4.74 Å². The first-order valence-corrected chi connectivity index (χ1v) is 8.42. The van der Waals surface area contributed by atoms with Crippen molar-refractivity contribution in [2.75, 3.05) is 6.61 Å². The minimum atomic E-state index is 0.474. The fourth-order valence-electron chi connectivity index (χ4n) is 2.36. The van der Waals surface area contributed by atoms with Gasteiger partial charge in [0.1, 0.15) is 5.75 Å². The molecule has 2 rings (SSSR count). The summed E-state index contributed by atoms with van der Waals surface area (Å²) in [7, 11) is 0. The van der Waals surface area contributed by atoms with Crippen LogP contribution in [0.3, 0.4) is 0 Å². The van der Waals surface area contributed by atoms with Gasteiger partial charge >= 0.3 is 0 Å². The van der Waals surface area contributed by atoms with Crippen molar-refractivity contribution in [2.45, 2.75) is 39.0 Å². The zero-order chi connectivity index (χ0) is 15.1. The second-order valence-corrected chi connectivity index (χ2v) is 6.54. The largest absolute Gasteiger partial charge is 0.493 e. The molecule has 1 nitrogen and oxygen atoms in total. The molecule has 112 valence electrons. The number of rotatable bonds is 7. The molecule has 2 aromatic carbocycles. The molecule has 0 aromatic heterocycles. The van der Waals surface area contributed by atoms with Crippen molar-refractivity contribution in [1.29, 1.82) is 0 Å². The number of hydrogen-bond acceptors (Lipinski definition) is 1. The summed E-state index contributed by atoms with van der Waals surface area (Å²) in [4.78, 5) is 0. The van der Waals surface area contributed by atoms with Crippen LogP contribution in [0.4, 0.5) is 0 Å². The number of benzene rings is 2. The zero-order valence-electron chi connectivity index (χ0n) is 12.8. The Labute approximate surface area is 136 Å².